The first-order valence-electron chi connectivity index (χ1n) is 4.84. The molecule has 3 amide bonds. The topological polar surface area (TPSA) is 98.2 Å². The number of carbonyl (C=O) groups excluding carboxylic acids is 2. The van der Waals surface area contributed by atoms with Gasteiger partial charge in [-0.2, -0.15) is 0 Å². The van der Waals surface area contributed by atoms with Gasteiger partial charge in [0.1, 0.15) is 0 Å². The van der Waals surface area contributed by atoms with E-state index in [1.165, 1.54) is 0 Å². The molecule has 0 aromatic carbocycles. The van der Waals surface area contributed by atoms with E-state index in [9.17, 15) is 9.59 Å². The minimum atomic E-state index is -0.910. The maximum atomic E-state index is 11.5. The summed E-state index contributed by atoms with van der Waals surface area (Å²) in [6.45, 7) is 2.05. The van der Waals surface area contributed by atoms with E-state index in [-0.39, 0.29) is 0 Å². The summed E-state index contributed by atoms with van der Waals surface area (Å²) in [5, 5.41) is 2.05. The monoisotopic (exact) mass is 199 g/mol. The van der Waals surface area contributed by atoms with E-state index in [2.05, 4.69) is 6.92 Å². The molecule has 2 atom stereocenters. The molecule has 0 heterocycles. The second-order valence-electron chi connectivity index (χ2n) is 4.18. The van der Waals surface area contributed by atoms with E-state index >= 15 is 0 Å². The van der Waals surface area contributed by atoms with Gasteiger partial charge in [-0.25, -0.2) is 4.79 Å². The van der Waals surface area contributed by atoms with Crippen molar-refractivity contribution in [3.8, 4) is 0 Å². The predicted molar refractivity (Wildman–Crippen MR) is 52.3 cm³/mol. The SMILES string of the molecule is CC1CCCC(N)(C(=O)NC(N)=O)C1. The standard InChI is InChI=1S/C9H17N3O2/c1-6-3-2-4-9(11,5-6)7(13)12-8(10)14/h6H,2-5,11H2,1H3,(H3,10,12,13,14). The van der Waals surface area contributed by atoms with Crippen LogP contribution in [0.1, 0.15) is 32.6 Å². The first-order chi connectivity index (χ1) is 6.44. The van der Waals surface area contributed by atoms with Crippen LogP contribution in [0.3, 0.4) is 0 Å². The van der Waals surface area contributed by atoms with Gasteiger partial charge in [-0.05, 0) is 18.8 Å². The van der Waals surface area contributed by atoms with Crippen molar-refractivity contribution in [3.05, 3.63) is 0 Å². The Balaban J connectivity index is 2.63. The zero-order valence-electron chi connectivity index (χ0n) is 8.38. The van der Waals surface area contributed by atoms with Crippen molar-refractivity contribution in [1.82, 2.24) is 5.32 Å². The van der Waals surface area contributed by atoms with E-state index in [4.69, 9.17) is 11.5 Å². The highest BCUT2D eigenvalue weighted by Gasteiger charge is 2.38. The molecule has 80 valence electrons. The molecule has 0 aromatic heterocycles. The summed E-state index contributed by atoms with van der Waals surface area (Å²) in [7, 11) is 0. The Kier molecular flexibility index (Phi) is 3.10. The van der Waals surface area contributed by atoms with E-state index in [1.54, 1.807) is 0 Å². The van der Waals surface area contributed by atoms with Gasteiger partial charge in [0, 0.05) is 0 Å². The van der Waals surface area contributed by atoms with Crippen molar-refractivity contribution < 1.29 is 9.59 Å². The summed E-state index contributed by atoms with van der Waals surface area (Å²) >= 11 is 0. The van der Waals surface area contributed by atoms with Crippen LogP contribution in [0, 0.1) is 5.92 Å². The lowest BCUT2D eigenvalue weighted by molar-refractivity contribution is -0.126. The van der Waals surface area contributed by atoms with Crippen LogP contribution in [0.15, 0.2) is 0 Å². The Morgan fingerprint density at radius 2 is 2.14 bits per heavy atom. The van der Waals surface area contributed by atoms with E-state index in [0.717, 1.165) is 12.8 Å². The molecular weight excluding hydrogens is 182 g/mol. The lowest BCUT2D eigenvalue weighted by Gasteiger charge is -2.34. The average molecular weight is 199 g/mol. The summed E-state index contributed by atoms with van der Waals surface area (Å²) in [6, 6.07) is -0.835. The molecule has 2 unspecified atom stereocenters. The van der Waals surface area contributed by atoms with Crippen LogP contribution < -0.4 is 16.8 Å². The third kappa shape index (κ3) is 2.45. The van der Waals surface area contributed by atoms with Crippen LogP contribution in [0.4, 0.5) is 4.79 Å². The van der Waals surface area contributed by atoms with Crippen LogP contribution in [0.25, 0.3) is 0 Å². The lowest BCUT2D eigenvalue weighted by atomic mass is 9.76. The van der Waals surface area contributed by atoms with Crippen molar-refractivity contribution in [3.63, 3.8) is 0 Å². The van der Waals surface area contributed by atoms with Gasteiger partial charge < -0.3 is 11.5 Å². The molecule has 5 heteroatoms. The summed E-state index contributed by atoms with van der Waals surface area (Å²) in [6.07, 6.45) is 3.25. The molecule has 0 radical (unpaired) electrons. The van der Waals surface area contributed by atoms with Crippen molar-refractivity contribution >= 4 is 11.9 Å². The van der Waals surface area contributed by atoms with Gasteiger partial charge >= 0.3 is 6.03 Å². The normalized spacial score (nSPS) is 32.3. The smallest absolute Gasteiger partial charge is 0.318 e. The van der Waals surface area contributed by atoms with Crippen molar-refractivity contribution in [2.24, 2.45) is 17.4 Å². The Morgan fingerprint density at radius 1 is 1.50 bits per heavy atom. The van der Waals surface area contributed by atoms with Gasteiger partial charge in [-0.15, -0.1) is 0 Å². The number of hydrogen-bond donors (Lipinski definition) is 3. The number of primary amides is 1. The lowest BCUT2D eigenvalue weighted by Crippen LogP contribution is -2.58. The Labute approximate surface area is 83.2 Å². The van der Waals surface area contributed by atoms with E-state index in [1.807, 2.05) is 5.32 Å². The highest BCUT2D eigenvalue weighted by molar-refractivity contribution is 5.98. The Hall–Kier alpha value is -1.10. The van der Waals surface area contributed by atoms with Crippen LogP contribution in [0.5, 0.6) is 0 Å². The highest BCUT2D eigenvalue weighted by Crippen LogP contribution is 2.30. The van der Waals surface area contributed by atoms with Gasteiger partial charge in [-0.3, -0.25) is 10.1 Å². The van der Waals surface area contributed by atoms with Gasteiger partial charge in [0.05, 0.1) is 5.54 Å². The molecule has 1 saturated carbocycles. The number of carbonyl (C=O) groups is 2. The van der Waals surface area contributed by atoms with Gasteiger partial charge in [-0.1, -0.05) is 19.8 Å². The quantitative estimate of drug-likeness (QED) is 0.558. The zero-order chi connectivity index (χ0) is 10.8. The summed E-state index contributed by atoms with van der Waals surface area (Å²) < 4.78 is 0. The molecule has 1 aliphatic rings. The van der Waals surface area contributed by atoms with Crippen LogP contribution >= 0.6 is 0 Å². The first-order valence-corrected chi connectivity index (χ1v) is 4.84. The number of rotatable bonds is 1. The van der Waals surface area contributed by atoms with Crippen LogP contribution in [-0.2, 0) is 4.79 Å². The third-order valence-corrected chi connectivity index (χ3v) is 2.72. The molecule has 0 aliphatic heterocycles. The number of imide groups is 1. The largest absolute Gasteiger partial charge is 0.351 e. The summed E-state index contributed by atoms with van der Waals surface area (Å²) in [4.78, 5) is 22.0. The van der Waals surface area contributed by atoms with E-state index < -0.39 is 17.5 Å². The predicted octanol–water partition coefficient (Wildman–Crippen LogP) is 0.0889. The summed E-state index contributed by atoms with van der Waals surface area (Å²) in [5.74, 6) is -0.0241. The van der Waals surface area contributed by atoms with Gasteiger partial charge in [0.25, 0.3) is 0 Å². The van der Waals surface area contributed by atoms with Gasteiger partial charge in [0.2, 0.25) is 5.91 Å². The number of nitrogens with one attached hydrogen (secondary N) is 1. The highest BCUT2D eigenvalue weighted by atomic mass is 16.2. The molecule has 0 bridgehead atoms. The maximum absolute atomic E-state index is 11.5. The Bertz CT molecular complexity index is 254. The molecule has 0 saturated heterocycles. The fraction of sp³-hybridized carbons (Fsp3) is 0.778. The number of amides is 3. The minimum absolute atomic E-state index is 0.423. The van der Waals surface area contributed by atoms with Crippen molar-refractivity contribution in [1.29, 1.82) is 0 Å². The molecular formula is C9H17N3O2. The molecule has 1 rings (SSSR count). The molecule has 1 fully saturated rings. The molecule has 1 aliphatic carbocycles. The van der Waals surface area contributed by atoms with Gasteiger partial charge in [0.15, 0.2) is 0 Å². The fourth-order valence-corrected chi connectivity index (χ4v) is 2.03. The molecule has 5 nitrogen and oxygen atoms in total. The number of nitrogens with two attached hydrogens (primary N) is 2. The first kappa shape index (κ1) is 11.0. The number of urea groups is 1. The third-order valence-electron chi connectivity index (χ3n) is 2.72. The Morgan fingerprint density at radius 3 is 2.64 bits per heavy atom. The molecule has 0 aromatic rings. The molecule has 14 heavy (non-hydrogen) atoms. The van der Waals surface area contributed by atoms with E-state index in [0.29, 0.717) is 18.8 Å². The number of hydrogen-bond acceptors (Lipinski definition) is 3. The van der Waals surface area contributed by atoms with Crippen molar-refractivity contribution in [2.75, 3.05) is 0 Å². The van der Waals surface area contributed by atoms with Crippen molar-refractivity contribution in [2.45, 2.75) is 38.1 Å². The zero-order valence-corrected chi connectivity index (χ0v) is 8.38. The second kappa shape index (κ2) is 3.96. The molecule has 0 spiro atoms. The van der Waals surface area contributed by atoms with Crippen LogP contribution in [-0.4, -0.2) is 17.5 Å². The second-order valence-corrected chi connectivity index (χ2v) is 4.18. The van der Waals surface area contributed by atoms with Crippen LogP contribution in [0.2, 0.25) is 0 Å². The minimum Gasteiger partial charge on any atom is -0.351 e. The average Bonchev–Trinajstić information content (AvgIpc) is 2.02. The molecule has 5 N–H and O–H groups in total. The summed E-state index contributed by atoms with van der Waals surface area (Å²) in [5.41, 5.74) is 9.88. The maximum Gasteiger partial charge on any atom is 0.318 e. The fourth-order valence-electron chi connectivity index (χ4n) is 2.03.